The number of pyridine rings is 1. The predicted octanol–water partition coefficient (Wildman–Crippen LogP) is 2.52. The number of halogens is 1. The van der Waals surface area contributed by atoms with E-state index < -0.39 is 0 Å². The van der Waals surface area contributed by atoms with Gasteiger partial charge in [0.1, 0.15) is 0 Å². The molecular formula is C8H10ClNO. The molecule has 1 rings (SSSR count). The lowest BCUT2D eigenvalue weighted by Crippen LogP contribution is -1.96. The summed E-state index contributed by atoms with van der Waals surface area (Å²) in [7, 11) is 0. The normalized spacial score (nSPS) is 9.64. The molecule has 0 aliphatic rings. The molecule has 0 amide bonds. The molecule has 1 aromatic heterocycles. The van der Waals surface area contributed by atoms with Crippen molar-refractivity contribution in [2.24, 2.45) is 0 Å². The molecule has 0 bridgehead atoms. The maximum Gasteiger partial charge on any atom is 0.214 e. The van der Waals surface area contributed by atoms with E-state index in [1.165, 1.54) is 0 Å². The SMILES string of the molecule is CCCOc1cc(Cl)ccn1. The molecule has 1 heterocycles. The van der Waals surface area contributed by atoms with Crippen molar-refractivity contribution in [2.45, 2.75) is 13.3 Å². The molecule has 1 aromatic rings. The van der Waals surface area contributed by atoms with Crippen LogP contribution in [0.5, 0.6) is 5.88 Å². The largest absolute Gasteiger partial charge is 0.478 e. The van der Waals surface area contributed by atoms with Crippen molar-refractivity contribution >= 4 is 11.6 Å². The molecule has 3 heteroatoms. The van der Waals surface area contributed by atoms with E-state index in [1.54, 1.807) is 18.3 Å². The fourth-order valence-electron chi connectivity index (χ4n) is 0.671. The van der Waals surface area contributed by atoms with Crippen LogP contribution in [0.3, 0.4) is 0 Å². The average molecular weight is 172 g/mol. The smallest absolute Gasteiger partial charge is 0.214 e. The van der Waals surface area contributed by atoms with Crippen molar-refractivity contribution in [1.82, 2.24) is 4.98 Å². The van der Waals surface area contributed by atoms with Crippen molar-refractivity contribution in [2.75, 3.05) is 6.61 Å². The highest BCUT2D eigenvalue weighted by molar-refractivity contribution is 6.30. The van der Waals surface area contributed by atoms with Gasteiger partial charge in [0.05, 0.1) is 6.61 Å². The molecule has 0 atom stereocenters. The molecule has 0 saturated carbocycles. The maximum absolute atomic E-state index is 5.70. The van der Waals surface area contributed by atoms with Crippen LogP contribution in [0, 0.1) is 0 Å². The summed E-state index contributed by atoms with van der Waals surface area (Å²) >= 11 is 5.70. The lowest BCUT2D eigenvalue weighted by atomic mass is 10.5. The zero-order valence-electron chi connectivity index (χ0n) is 6.38. The zero-order chi connectivity index (χ0) is 8.10. The number of hydrogen-bond acceptors (Lipinski definition) is 2. The van der Waals surface area contributed by atoms with Crippen LogP contribution in [-0.4, -0.2) is 11.6 Å². The van der Waals surface area contributed by atoms with Gasteiger partial charge in [0.25, 0.3) is 0 Å². The quantitative estimate of drug-likeness (QED) is 0.697. The molecule has 0 radical (unpaired) electrons. The first kappa shape index (κ1) is 8.34. The average Bonchev–Trinajstić information content (AvgIpc) is 2.01. The Hall–Kier alpha value is -0.760. The molecule has 0 aliphatic heterocycles. The number of nitrogens with zero attached hydrogens (tertiary/aromatic N) is 1. The van der Waals surface area contributed by atoms with Crippen LogP contribution in [0.4, 0.5) is 0 Å². The van der Waals surface area contributed by atoms with Crippen LogP contribution in [0.1, 0.15) is 13.3 Å². The van der Waals surface area contributed by atoms with E-state index in [0.29, 0.717) is 17.5 Å². The lowest BCUT2D eigenvalue weighted by Gasteiger charge is -2.01. The second-order valence-electron chi connectivity index (χ2n) is 2.16. The summed E-state index contributed by atoms with van der Waals surface area (Å²) in [4.78, 5) is 3.97. The van der Waals surface area contributed by atoms with Crippen molar-refractivity contribution in [3.8, 4) is 5.88 Å². The molecule has 11 heavy (non-hydrogen) atoms. The van der Waals surface area contributed by atoms with Gasteiger partial charge in [0, 0.05) is 17.3 Å². The van der Waals surface area contributed by atoms with Crippen molar-refractivity contribution < 1.29 is 4.74 Å². The molecule has 0 unspecified atom stereocenters. The maximum atomic E-state index is 5.70. The van der Waals surface area contributed by atoms with Crippen molar-refractivity contribution in [1.29, 1.82) is 0 Å². The van der Waals surface area contributed by atoms with Gasteiger partial charge in [-0.25, -0.2) is 4.98 Å². The van der Waals surface area contributed by atoms with E-state index in [0.717, 1.165) is 6.42 Å². The summed E-state index contributed by atoms with van der Waals surface area (Å²) in [5.74, 6) is 0.597. The summed E-state index contributed by atoms with van der Waals surface area (Å²) in [6.07, 6.45) is 2.61. The summed E-state index contributed by atoms with van der Waals surface area (Å²) < 4.78 is 5.24. The first-order chi connectivity index (χ1) is 5.33. The van der Waals surface area contributed by atoms with E-state index >= 15 is 0 Å². The third kappa shape index (κ3) is 2.76. The molecule has 0 fully saturated rings. The fraction of sp³-hybridized carbons (Fsp3) is 0.375. The summed E-state index contributed by atoms with van der Waals surface area (Å²) in [6.45, 7) is 2.73. The molecule has 2 nitrogen and oxygen atoms in total. The van der Waals surface area contributed by atoms with E-state index in [2.05, 4.69) is 4.98 Å². The van der Waals surface area contributed by atoms with Gasteiger partial charge in [-0.15, -0.1) is 0 Å². The van der Waals surface area contributed by atoms with Crippen LogP contribution in [0.15, 0.2) is 18.3 Å². The third-order valence-corrected chi connectivity index (χ3v) is 1.39. The monoisotopic (exact) mass is 171 g/mol. The van der Waals surface area contributed by atoms with Gasteiger partial charge in [0.15, 0.2) is 0 Å². The Morgan fingerprint density at radius 1 is 1.64 bits per heavy atom. The predicted molar refractivity (Wildman–Crippen MR) is 45.0 cm³/mol. The van der Waals surface area contributed by atoms with E-state index in [9.17, 15) is 0 Å². The molecule has 0 N–H and O–H groups in total. The Bertz CT molecular complexity index is 227. The van der Waals surface area contributed by atoms with Crippen molar-refractivity contribution in [3.05, 3.63) is 23.4 Å². The second-order valence-corrected chi connectivity index (χ2v) is 2.60. The van der Waals surface area contributed by atoms with Crippen LogP contribution in [0.2, 0.25) is 5.02 Å². The molecule has 0 aliphatic carbocycles. The highest BCUT2D eigenvalue weighted by Crippen LogP contribution is 2.13. The standard InChI is InChI=1S/C8H10ClNO/c1-2-5-11-8-6-7(9)3-4-10-8/h3-4,6H,2,5H2,1H3. The summed E-state index contributed by atoms with van der Waals surface area (Å²) in [5, 5.41) is 0.658. The highest BCUT2D eigenvalue weighted by Gasteiger charge is 1.93. The van der Waals surface area contributed by atoms with Crippen LogP contribution in [0.25, 0.3) is 0 Å². The molecule has 0 aromatic carbocycles. The third-order valence-electron chi connectivity index (χ3n) is 1.15. The van der Waals surface area contributed by atoms with Gasteiger partial charge in [-0.2, -0.15) is 0 Å². The van der Waals surface area contributed by atoms with Crippen LogP contribution < -0.4 is 4.74 Å². The topological polar surface area (TPSA) is 22.1 Å². The second kappa shape index (κ2) is 4.19. The van der Waals surface area contributed by atoms with Gasteiger partial charge in [-0.1, -0.05) is 18.5 Å². The van der Waals surface area contributed by atoms with Gasteiger partial charge in [-0.05, 0) is 12.5 Å². The van der Waals surface area contributed by atoms with Gasteiger partial charge in [-0.3, -0.25) is 0 Å². The fourth-order valence-corrected chi connectivity index (χ4v) is 0.821. The minimum Gasteiger partial charge on any atom is -0.478 e. The van der Waals surface area contributed by atoms with Crippen LogP contribution in [-0.2, 0) is 0 Å². The minimum atomic E-state index is 0.597. The summed E-state index contributed by atoms with van der Waals surface area (Å²) in [5.41, 5.74) is 0. The molecular weight excluding hydrogens is 162 g/mol. The number of hydrogen-bond donors (Lipinski definition) is 0. The lowest BCUT2D eigenvalue weighted by molar-refractivity contribution is 0.305. The number of aromatic nitrogens is 1. The van der Waals surface area contributed by atoms with E-state index in [1.807, 2.05) is 6.92 Å². The van der Waals surface area contributed by atoms with Crippen molar-refractivity contribution in [3.63, 3.8) is 0 Å². The van der Waals surface area contributed by atoms with Crippen LogP contribution >= 0.6 is 11.6 Å². The zero-order valence-corrected chi connectivity index (χ0v) is 7.14. The minimum absolute atomic E-state index is 0.597. The van der Waals surface area contributed by atoms with E-state index in [4.69, 9.17) is 16.3 Å². The van der Waals surface area contributed by atoms with Gasteiger partial charge in [0.2, 0.25) is 5.88 Å². The number of rotatable bonds is 3. The Balaban J connectivity index is 2.56. The molecule has 60 valence electrons. The highest BCUT2D eigenvalue weighted by atomic mass is 35.5. The molecule has 0 spiro atoms. The molecule has 0 saturated heterocycles. The first-order valence-electron chi connectivity index (χ1n) is 3.57. The van der Waals surface area contributed by atoms with Gasteiger partial charge < -0.3 is 4.74 Å². The van der Waals surface area contributed by atoms with Gasteiger partial charge >= 0.3 is 0 Å². The first-order valence-corrected chi connectivity index (χ1v) is 3.95. The Morgan fingerprint density at radius 2 is 2.45 bits per heavy atom. The Kier molecular flexibility index (Phi) is 3.17. The summed E-state index contributed by atoms with van der Waals surface area (Å²) in [6, 6.07) is 3.43. The van der Waals surface area contributed by atoms with E-state index in [-0.39, 0.29) is 0 Å². The Morgan fingerprint density at radius 3 is 3.09 bits per heavy atom. The number of ether oxygens (including phenoxy) is 1. The Labute approximate surface area is 71.2 Å².